The Kier molecular flexibility index (Phi) is 4.09. The number of carbonyl (C=O) groups excluding carboxylic acids is 1. The van der Waals surface area contributed by atoms with Gasteiger partial charge in [-0.25, -0.2) is 0 Å². The van der Waals surface area contributed by atoms with E-state index in [-0.39, 0.29) is 5.91 Å². The fraction of sp³-hybridized carbons (Fsp3) is 0.917. The Morgan fingerprint density at radius 1 is 1.38 bits per heavy atom. The van der Waals surface area contributed by atoms with Crippen LogP contribution in [0.3, 0.4) is 0 Å². The van der Waals surface area contributed by atoms with Crippen molar-refractivity contribution in [2.75, 3.05) is 19.8 Å². The lowest BCUT2D eigenvalue weighted by molar-refractivity contribution is -0.135. The van der Waals surface area contributed by atoms with Crippen LogP contribution in [0, 0.1) is 5.92 Å². The van der Waals surface area contributed by atoms with Crippen LogP contribution in [0.4, 0.5) is 0 Å². The van der Waals surface area contributed by atoms with Crippen LogP contribution in [0.2, 0.25) is 0 Å². The number of hydrogen-bond donors (Lipinski definition) is 0. The number of alkyl halides is 1. The minimum absolute atomic E-state index is 0.0977. The van der Waals surface area contributed by atoms with E-state index in [1.807, 2.05) is 4.90 Å². The van der Waals surface area contributed by atoms with Gasteiger partial charge in [0.15, 0.2) is 0 Å². The molecule has 0 aromatic rings. The zero-order valence-electron chi connectivity index (χ0n) is 9.82. The fourth-order valence-corrected chi connectivity index (χ4v) is 2.35. The van der Waals surface area contributed by atoms with E-state index >= 15 is 0 Å². The zero-order chi connectivity index (χ0) is 11.5. The molecule has 0 N–H and O–H groups in total. The van der Waals surface area contributed by atoms with Crippen LogP contribution >= 0.6 is 11.6 Å². The largest absolute Gasteiger partial charge is 0.381 e. The first-order valence-electron chi connectivity index (χ1n) is 6.20. The number of amides is 1. The minimum atomic E-state index is -0.401. The van der Waals surface area contributed by atoms with Gasteiger partial charge >= 0.3 is 0 Å². The van der Waals surface area contributed by atoms with Crippen molar-refractivity contribution in [2.24, 2.45) is 5.92 Å². The van der Waals surface area contributed by atoms with Crippen LogP contribution in [-0.2, 0) is 9.53 Å². The summed E-state index contributed by atoms with van der Waals surface area (Å²) in [6, 6.07) is 0.350. The van der Waals surface area contributed by atoms with E-state index in [0.29, 0.717) is 6.04 Å². The molecule has 1 aliphatic heterocycles. The molecule has 2 rings (SSSR count). The van der Waals surface area contributed by atoms with Gasteiger partial charge < -0.3 is 9.64 Å². The van der Waals surface area contributed by atoms with Gasteiger partial charge in [0.25, 0.3) is 0 Å². The molecule has 0 radical (unpaired) electrons. The molecule has 0 spiro atoms. The van der Waals surface area contributed by atoms with Crippen LogP contribution in [0.15, 0.2) is 0 Å². The highest BCUT2D eigenvalue weighted by atomic mass is 35.5. The van der Waals surface area contributed by atoms with Crippen LogP contribution < -0.4 is 0 Å². The summed E-state index contributed by atoms with van der Waals surface area (Å²) in [4.78, 5) is 14.1. The van der Waals surface area contributed by atoms with E-state index in [2.05, 4.69) is 0 Å². The Hall–Kier alpha value is -0.280. The van der Waals surface area contributed by atoms with Gasteiger partial charge in [-0.2, -0.15) is 0 Å². The van der Waals surface area contributed by atoms with Crippen LogP contribution in [-0.4, -0.2) is 42.0 Å². The lowest BCUT2D eigenvalue weighted by Gasteiger charge is -2.35. The summed E-state index contributed by atoms with van der Waals surface area (Å²) in [5.74, 6) is 0.822. The summed E-state index contributed by atoms with van der Waals surface area (Å²) in [6.07, 6.45) is 4.46. The molecule has 1 saturated carbocycles. The molecular formula is C12H20ClNO2. The summed E-state index contributed by atoms with van der Waals surface area (Å²) in [5.41, 5.74) is 0. The predicted molar refractivity (Wildman–Crippen MR) is 63.6 cm³/mol. The Morgan fingerprint density at radius 2 is 2.00 bits per heavy atom. The van der Waals surface area contributed by atoms with Gasteiger partial charge in [0, 0.05) is 25.8 Å². The number of nitrogens with zero attached hydrogens (tertiary/aromatic N) is 1. The molecule has 4 heteroatoms. The molecule has 0 unspecified atom stereocenters. The van der Waals surface area contributed by atoms with Gasteiger partial charge in [0.05, 0.1) is 0 Å². The van der Waals surface area contributed by atoms with Gasteiger partial charge in [0.1, 0.15) is 5.38 Å². The highest BCUT2D eigenvalue weighted by Crippen LogP contribution is 2.31. The van der Waals surface area contributed by atoms with Crippen molar-refractivity contribution in [2.45, 2.75) is 44.0 Å². The van der Waals surface area contributed by atoms with Crippen LogP contribution in [0.25, 0.3) is 0 Å². The summed E-state index contributed by atoms with van der Waals surface area (Å²) in [7, 11) is 0. The van der Waals surface area contributed by atoms with E-state index < -0.39 is 5.38 Å². The molecule has 1 atom stereocenters. The third-order valence-electron chi connectivity index (χ3n) is 3.41. The van der Waals surface area contributed by atoms with Crippen molar-refractivity contribution in [1.29, 1.82) is 0 Å². The quantitative estimate of drug-likeness (QED) is 0.710. The first kappa shape index (κ1) is 12.2. The fourth-order valence-electron chi connectivity index (χ4n) is 2.22. The molecule has 1 aliphatic carbocycles. The van der Waals surface area contributed by atoms with Gasteiger partial charge in [-0.1, -0.05) is 0 Å². The average Bonchev–Trinajstić information content (AvgIpc) is 3.10. The van der Waals surface area contributed by atoms with E-state index in [1.165, 1.54) is 12.8 Å². The van der Waals surface area contributed by atoms with Crippen molar-refractivity contribution >= 4 is 17.5 Å². The third-order valence-corrected chi connectivity index (χ3v) is 3.59. The van der Waals surface area contributed by atoms with Gasteiger partial charge in [-0.3, -0.25) is 4.79 Å². The van der Waals surface area contributed by atoms with Gasteiger partial charge in [-0.05, 0) is 38.5 Å². The maximum atomic E-state index is 12.1. The highest BCUT2D eigenvalue weighted by molar-refractivity contribution is 6.30. The maximum absolute atomic E-state index is 12.1. The molecule has 1 saturated heterocycles. The van der Waals surface area contributed by atoms with Gasteiger partial charge in [-0.15, -0.1) is 11.6 Å². The zero-order valence-corrected chi connectivity index (χ0v) is 10.6. The molecule has 2 fully saturated rings. The van der Waals surface area contributed by atoms with Crippen LogP contribution in [0.1, 0.15) is 32.6 Å². The Balaban J connectivity index is 1.96. The number of ether oxygens (including phenoxy) is 1. The Morgan fingerprint density at radius 3 is 2.50 bits per heavy atom. The first-order valence-corrected chi connectivity index (χ1v) is 6.64. The summed E-state index contributed by atoms with van der Waals surface area (Å²) in [5, 5.41) is -0.401. The van der Waals surface area contributed by atoms with Crippen LogP contribution in [0.5, 0.6) is 0 Å². The smallest absolute Gasteiger partial charge is 0.240 e. The molecule has 3 nitrogen and oxygen atoms in total. The van der Waals surface area contributed by atoms with Crippen molar-refractivity contribution in [3.63, 3.8) is 0 Å². The average molecular weight is 246 g/mol. The molecule has 1 amide bonds. The van der Waals surface area contributed by atoms with E-state index in [0.717, 1.165) is 38.5 Å². The number of hydrogen-bond acceptors (Lipinski definition) is 2. The number of carbonyl (C=O) groups is 1. The second kappa shape index (κ2) is 5.37. The predicted octanol–water partition coefficient (Wildman–Crippen LogP) is 2.03. The molecule has 0 bridgehead atoms. The number of rotatable bonds is 4. The lowest BCUT2D eigenvalue weighted by Crippen LogP contribution is -2.47. The van der Waals surface area contributed by atoms with Crippen molar-refractivity contribution in [1.82, 2.24) is 4.90 Å². The van der Waals surface area contributed by atoms with Crippen molar-refractivity contribution < 1.29 is 9.53 Å². The molecule has 92 valence electrons. The summed E-state index contributed by atoms with van der Waals surface area (Å²) in [6.45, 7) is 4.22. The standard InChI is InChI=1S/C12H20ClNO2/c1-9(13)12(15)14(8-10-2-3-10)11-4-6-16-7-5-11/h9-11H,2-8H2,1H3/t9-/m1/s1. The third kappa shape index (κ3) is 3.11. The van der Waals surface area contributed by atoms with Gasteiger partial charge in [0.2, 0.25) is 5.91 Å². The summed E-state index contributed by atoms with van der Waals surface area (Å²) >= 11 is 5.92. The molecule has 16 heavy (non-hydrogen) atoms. The summed E-state index contributed by atoms with van der Waals surface area (Å²) < 4.78 is 5.34. The van der Waals surface area contributed by atoms with E-state index in [4.69, 9.17) is 16.3 Å². The first-order chi connectivity index (χ1) is 7.68. The monoisotopic (exact) mass is 245 g/mol. The number of halogens is 1. The van der Waals surface area contributed by atoms with E-state index in [1.54, 1.807) is 6.92 Å². The molecule has 2 aliphatic rings. The lowest BCUT2D eigenvalue weighted by atomic mass is 10.1. The topological polar surface area (TPSA) is 29.5 Å². The molecular weight excluding hydrogens is 226 g/mol. The second-order valence-corrected chi connectivity index (χ2v) is 5.55. The van der Waals surface area contributed by atoms with E-state index in [9.17, 15) is 4.79 Å². The molecule has 0 aromatic carbocycles. The Bertz CT molecular complexity index is 247. The normalized spacial score (nSPS) is 24.1. The highest BCUT2D eigenvalue weighted by Gasteiger charge is 2.33. The molecule has 1 heterocycles. The SMILES string of the molecule is C[C@@H](Cl)C(=O)N(CC1CC1)C1CCOCC1. The maximum Gasteiger partial charge on any atom is 0.240 e. The van der Waals surface area contributed by atoms with Crippen molar-refractivity contribution in [3.8, 4) is 0 Å². The Labute approximate surface area is 102 Å². The molecule has 0 aromatic heterocycles. The van der Waals surface area contributed by atoms with Crippen molar-refractivity contribution in [3.05, 3.63) is 0 Å². The minimum Gasteiger partial charge on any atom is -0.381 e. The second-order valence-electron chi connectivity index (χ2n) is 4.89.